The Labute approximate surface area is 230 Å². The average molecular weight is 547 g/mol. The highest BCUT2D eigenvalue weighted by atomic mass is 16.6. The van der Waals surface area contributed by atoms with Crippen LogP contribution < -0.4 is 9.80 Å². The first-order valence-electron chi connectivity index (χ1n) is 13.7. The van der Waals surface area contributed by atoms with Gasteiger partial charge in [-0.25, -0.2) is 19.4 Å². The largest absolute Gasteiger partial charge is 0.464 e. The molecule has 1 aromatic rings. The van der Waals surface area contributed by atoms with E-state index >= 15 is 0 Å². The van der Waals surface area contributed by atoms with Gasteiger partial charge in [0.1, 0.15) is 17.0 Å². The van der Waals surface area contributed by atoms with Gasteiger partial charge in [0.25, 0.3) is 0 Å². The molecule has 0 radical (unpaired) electrons. The van der Waals surface area contributed by atoms with Crippen molar-refractivity contribution in [1.82, 2.24) is 19.8 Å². The van der Waals surface area contributed by atoms with E-state index in [2.05, 4.69) is 9.88 Å². The average Bonchev–Trinajstić information content (AvgIpc) is 3.64. The molecule has 2 aliphatic heterocycles. The maximum absolute atomic E-state index is 12.9. The number of methoxy groups -OCH3 is 1. The van der Waals surface area contributed by atoms with Crippen molar-refractivity contribution in [3.8, 4) is 0 Å². The Kier molecular flexibility index (Phi) is 7.86. The van der Waals surface area contributed by atoms with Gasteiger partial charge in [-0.05, 0) is 60.8 Å². The van der Waals surface area contributed by atoms with Gasteiger partial charge in [-0.3, -0.25) is 4.90 Å². The number of piperazine rings is 1. The third-order valence-electron chi connectivity index (χ3n) is 6.94. The van der Waals surface area contributed by atoms with Crippen LogP contribution in [-0.4, -0.2) is 108 Å². The van der Waals surface area contributed by atoms with E-state index in [1.807, 2.05) is 51.3 Å². The normalized spacial score (nSPS) is 19.5. The van der Waals surface area contributed by atoms with E-state index in [4.69, 9.17) is 19.2 Å². The van der Waals surface area contributed by atoms with Crippen LogP contribution >= 0.6 is 0 Å². The minimum atomic E-state index is -0.567. The zero-order chi connectivity index (χ0) is 28.6. The summed E-state index contributed by atoms with van der Waals surface area (Å²) in [6, 6.07) is 1.65. The van der Waals surface area contributed by atoms with Crippen LogP contribution in [0.15, 0.2) is 6.07 Å². The highest BCUT2D eigenvalue weighted by Gasteiger charge is 2.54. The second kappa shape index (κ2) is 10.7. The van der Waals surface area contributed by atoms with Gasteiger partial charge in [0.2, 0.25) is 5.95 Å². The Morgan fingerprint density at radius 3 is 2.08 bits per heavy atom. The molecule has 0 aromatic carbocycles. The molecule has 39 heavy (non-hydrogen) atoms. The zero-order valence-electron chi connectivity index (χ0n) is 24.3. The molecule has 2 amide bonds. The molecule has 1 spiro atoms. The summed E-state index contributed by atoms with van der Waals surface area (Å²) < 4.78 is 16.2. The number of nitrogens with zero attached hydrogens (tertiary/aromatic N) is 6. The molecule has 1 saturated carbocycles. The van der Waals surface area contributed by atoms with Crippen molar-refractivity contribution in [3.05, 3.63) is 11.8 Å². The van der Waals surface area contributed by atoms with E-state index < -0.39 is 17.2 Å². The molecule has 3 aliphatic rings. The number of esters is 1. The molecule has 0 unspecified atom stereocenters. The van der Waals surface area contributed by atoms with Crippen molar-refractivity contribution in [1.29, 1.82) is 0 Å². The number of carbonyl (C=O) groups is 3. The van der Waals surface area contributed by atoms with Crippen molar-refractivity contribution >= 4 is 29.9 Å². The fourth-order valence-electron chi connectivity index (χ4n) is 4.91. The predicted molar refractivity (Wildman–Crippen MR) is 145 cm³/mol. The lowest BCUT2D eigenvalue weighted by Gasteiger charge is -2.43. The molecule has 216 valence electrons. The fourth-order valence-corrected chi connectivity index (χ4v) is 4.91. The third-order valence-corrected chi connectivity index (χ3v) is 6.94. The maximum Gasteiger partial charge on any atom is 0.410 e. The summed E-state index contributed by atoms with van der Waals surface area (Å²) in [4.78, 5) is 55.1. The fraction of sp³-hybridized carbons (Fsp3) is 0.741. The molecule has 3 fully saturated rings. The zero-order valence-corrected chi connectivity index (χ0v) is 24.3. The van der Waals surface area contributed by atoms with Crippen molar-refractivity contribution in [2.75, 3.05) is 62.7 Å². The first kappa shape index (κ1) is 28.7. The molecule has 4 rings (SSSR count). The SMILES string of the molecule is COC(=O)c1cc(N2CCN(C(=O)OC(C)(C)C)C3(CC3)C2)nc(N2CCCN(C(=O)OC(C)(C)C)CC2)n1. The predicted octanol–water partition coefficient (Wildman–Crippen LogP) is 3.30. The van der Waals surface area contributed by atoms with Gasteiger partial charge in [0.15, 0.2) is 5.69 Å². The van der Waals surface area contributed by atoms with Gasteiger partial charge in [-0.1, -0.05) is 0 Å². The monoisotopic (exact) mass is 546 g/mol. The Morgan fingerprint density at radius 2 is 1.46 bits per heavy atom. The van der Waals surface area contributed by atoms with Crippen LogP contribution in [0.1, 0.15) is 71.3 Å². The van der Waals surface area contributed by atoms with Crippen LogP contribution in [0.25, 0.3) is 0 Å². The Morgan fingerprint density at radius 1 is 0.821 bits per heavy atom. The summed E-state index contributed by atoms with van der Waals surface area (Å²) in [5.74, 6) is 0.487. The van der Waals surface area contributed by atoms with Crippen LogP contribution in [0, 0.1) is 0 Å². The van der Waals surface area contributed by atoms with Crippen LogP contribution in [0.2, 0.25) is 0 Å². The van der Waals surface area contributed by atoms with Crippen molar-refractivity contribution in [2.45, 2.75) is 77.5 Å². The van der Waals surface area contributed by atoms with Crippen LogP contribution in [0.5, 0.6) is 0 Å². The first-order valence-corrected chi connectivity index (χ1v) is 13.7. The highest BCUT2D eigenvalue weighted by Crippen LogP contribution is 2.45. The molecule has 12 nitrogen and oxygen atoms in total. The van der Waals surface area contributed by atoms with Crippen LogP contribution in [0.4, 0.5) is 21.4 Å². The number of hydrogen-bond donors (Lipinski definition) is 0. The van der Waals surface area contributed by atoms with Gasteiger partial charge in [0.05, 0.1) is 12.6 Å². The first-order chi connectivity index (χ1) is 18.2. The summed E-state index contributed by atoms with van der Waals surface area (Å²) in [6.45, 7) is 14.9. The molecule has 0 N–H and O–H groups in total. The van der Waals surface area contributed by atoms with Gasteiger partial charge in [-0.15, -0.1) is 0 Å². The van der Waals surface area contributed by atoms with Gasteiger partial charge in [-0.2, -0.15) is 4.98 Å². The third kappa shape index (κ3) is 7.02. The molecule has 0 bridgehead atoms. The molecule has 1 aliphatic carbocycles. The van der Waals surface area contributed by atoms with E-state index in [-0.39, 0.29) is 23.4 Å². The summed E-state index contributed by atoms with van der Waals surface area (Å²) in [7, 11) is 1.33. The number of carbonyl (C=O) groups excluding carboxylic acids is 3. The number of amides is 2. The van der Waals surface area contributed by atoms with E-state index in [0.29, 0.717) is 64.0 Å². The maximum atomic E-state index is 12.9. The molecule has 2 saturated heterocycles. The number of aromatic nitrogens is 2. The van der Waals surface area contributed by atoms with Gasteiger partial charge in [0, 0.05) is 51.9 Å². The van der Waals surface area contributed by atoms with Gasteiger partial charge >= 0.3 is 18.2 Å². The van der Waals surface area contributed by atoms with Gasteiger partial charge < -0.3 is 28.9 Å². The Bertz CT molecular complexity index is 1090. The number of hydrogen-bond acceptors (Lipinski definition) is 10. The van der Waals surface area contributed by atoms with E-state index in [1.54, 1.807) is 11.0 Å². The van der Waals surface area contributed by atoms with Crippen molar-refractivity contribution in [2.24, 2.45) is 0 Å². The van der Waals surface area contributed by atoms with E-state index in [9.17, 15) is 14.4 Å². The highest BCUT2D eigenvalue weighted by molar-refractivity contribution is 5.88. The summed E-state index contributed by atoms with van der Waals surface area (Å²) in [5, 5.41) is 0. The minimum absolute atomic E-state index is 0.171. The lowest BCUT2D eigenvalue weighted by Crippen LogP contribution is -2.58. The molecule has 0 atom stereocenters. The Balaban J connectivity index is 1.52. The number of ether oxygens (including phenoxy) is 3. The van der Waals surface area contributed by atoms with E-state index in [0.717, 1.165) is 12.8 Å². The van der Waals surface area contributed by atoms with E-state index in [1.165, 1.54) is 7.11 Å². The number of rotatable bonds is 3. The smallest absolute Gasteiger partial charge is 0.410 e. The molecular weight excluding hydrogens is 504 g/mol. The molecule has 12 heteroatoms. The Hall–Kier alpha value is -3.31. The minimum Gasteiger partial charge on any atom is -0.464 e. The summed E-state index contributed by atoms with van der Waals surface area (Å²) in [5.41, 5.74) is -1.26. The summed E-state index contributed by atoms with van der Waals surface area (Å²) in [6.07, 6.45) is 1.84. The van der Waals surface area contributed by atoms with Crippen molar-refractivity contribution in [3.63, 3.8) is 0 Å². The molecule has 3 heterocycles. The second-order valence-corrected chi connectivity index (χ2v) is 12.5. The molecular formula is C27H42N6O6. The standard InChI is InChI=1S/C27H42N6O6/c1-25(2,3)38-23(35)31-12-8-11-30(13-14-31)22-28-19(21(34)37-7)17-20(29-22)32-15-16-33(27(18-32)9-10-27)24(36)39-26(4,5)6/h17H,8-16,18H2,1-7H3. The lowest BCUT2D eigenvalue weighted by atomic mass is 10.1. The second-order valence-electron chi connectivity index (χ2n) is 12.5. The topological polar surface area (TPSA) is 118 Å². The number of anilines is 2. The lowest BCUT2D eigenvalue weighted by molar-refractivity contribution is 0.0105. The van der Waals surface area contributed by atoms with Crippen molar-refractivity contribution < 1.29 is 28.6 Å². The van der Waals surface area contributed by atoms with Crippen LogP contribution in [-0.2, 0) is 14.2 Å². The quantitative estimate of drug-likeness (QED) is 0.413. The van der Waals surface area contributed by atoms with Crippen LogP contribution in [0.3, 0.4) is 0 Å². The molecule has 1 aromatic heterocycles. The summed E-state index contributed by atoms with van der Waals surface area (Å²) >= 11 is 0.